The zero-order valence-electron chi connectivity index (χ0n) is 15.5. The number of hydrogen-bond donors (Lipinski definition) is 7. The predicted molar refractivity (Wildman–Crippen MR) is 104 cm³/mol. The number of nitrogens with one attached hydrogen (secondary N) is 1. The lowest BCUT2D eigenvalue weighted by atomic mass is 10.0. The Hall–Kier alpha value is -3.11. The molecule has 162 valence electrons. The summed E-state index contributed by atoms with van der Waals surface area (Å²) < 4.78 is 15.1. The summed E-state index contributed by atoms with van der Waals surface area (Å²) in [6.07, 6.45) is -0.107. The molecule has 0 unspecified atom stereocenters. The number of amides is 1. The summed E-state index contributed by atoms with van der Waals surface area (Å²) in [5.74, 6) is -3.06. The molecule has 2 atom stereocenters. The van der Waals surface area contributed by atoms with Crippen LogP contribution in [0, 0.1) is 0 Å². The van der Waals surface area contributed by atoms with Crippen LogP contribution < -0.4 is 15.6 Å². The lowest BCUT2D eigenvalue weighted by Gasteiger charge is -2.18. The van der Waals surface area contributed by atoms with E-state index in [0.29, 0.717) is 5.56 Å². The van der Waals surface area contributed by atoms with Gasteiger partial charge in [0.1, 0.15) is 11.8 Å². The first kappa shape index (κ1) is 23.2. The highest BCUT2D eigenvalue weighted by Gasteiger charge is 2.25. The van der Waals surface area contributed by atoms with E-state index in [4.69, 9.17) is 15.5 Å². The average molecular weight is 440 g/mol. The maximum absolute atomic E-state index is 12.3. The fraction of sp³-hybridized carbons (Fsp3) is 0.222. The molecule has 2 aromatic carbocycles. The lowest BCUT2D eigenvalue weighted by molar-refractivity contribution is -0.142. The molecule has 0 saturated heterocycles. The van der Waals surface area contributed by atoms with Crippen molar-refractivity contribution in [2.24, 2.45) is 5.73 Å². The molecule has 2 aromatic rings. The van der Waals surface area contributed by atoms with Crippen molar-refractivity contribution in [3.05, 3.63) is 53.6 Å². The van der Waals surface area contributed by atoms with Crippen LogP contribution in [0.1, 0.15) is 11.1 Å². The third-order valence-electron chi connectivity index (χ3n) is 4.02. The highest BCUT2D eigenvalue weighted by Crippen LogP contribution is 2.41. The zero-order chi connectivity index (χ0) is 22.5. The SMILES string of the molecule is N[C@@H](Cc1ccc(O)cc1)C(=O)N[C@@H](Cc1ccc(OP(=O)(O)O)c(O)c1)C(=O)O. The van der Waals surface area contributed by atoms with Gasteiger partial charge in [-0.05, 0) is 41.8 Å². The van der Waals surface area contributed by atoms with Gasteiger partial charge in [0, 0.05) is 6.42 Å². The Bertz CT molecular complexity index is 959. The van der Waals surface area contributed by atoms with Crippen LogP contribution >= 0.6 is 7.82 Å². The number of phenolic OH excluding ortho intramolecular Hbond substituents is 2. The number of aliphatic carboxylic acids is 1. The number of carbonyl (C=O) groups is 2. The van der Waals surface area contributed by atoms with Crippen molar-refractivity contribution in [1.82, 2.24) is 5.32 Å². The van der Waals surface area contributed by atoms with Crippen molar-refractivity contribution in [2.75, 3.05) is 0 Å². The molecule has 12 heteroatoms. The van der Waals surface area contributed by atoms with Gasteiger partial charge in [0.05, 0.1) is 6.04 Å². The second-order valence-corrected chi connectivity index (χ2v) is 7.63. The molecule has 8 N–H and O–H groups in total. The molecule has 1 amide bonds. The first-order valence-corrected chi connectivity index (χ1v) is 10.1. The summed E-state index contributed by atoms with van der Waals surface area (Å²) in [6.45, 7) is 0. The van der Waals surface area contributed by atoms with Gasteiger partial charge in [0.15, 0.2) is 11.5 Å². The normalized spacial score (nSPS) is 13.3. The van der Waals surface area contributed by atoms with Crippen LogP contribution in [0.3, 0.4) is 0 Å². The van der Waals surface area contributed by atoms with Crippen LogP contribution in [0.15, 0.2) is 42.5 Å². The summed E-state index contributed by atoms with van der Waals surface area (Å²) in [5.41, 5.74) is 6.78. The number of rotatable bonds is 9. The van der Waals surface area contributed by atoms with E-state index in [1.165, 1.54) is 18.2 Å². The molecule has 0 spiro atoms. The molecule has 30 heavy (non-hydrogen) atoms. The lowest BCUT2D eigenvalue weighted by Crippen LogP contribution is -2.50. The molecule has 2 rings (SSSR count). The Kier molecular flexibility index (Phi) is 7.41. The largest absolute Gasteiger partial charge is 0.524 e. The molecule has 0 heterocycles. The molecule has 0 aromatic heterocycles. The minimum Gasteiger partial charge on any atom is -0.508 e. The van der Waals surface area contributed by atoms with E-state index in [0.717, 1.165) is 12.1 Å². The quantitative estimate of drug-likeness (QED) is 0.265. The van der Waals surface area contributed by atoms with Crippen LogP contribution in [0.2, 0.25) is 0 Å². The fourth-order valence-corrected chi connectivity index (χ4v) is 3.00. The van der Waals surface area contributed by atoms with Crippen molar-refractivity contribution >= 4 is 19.7 Å². The van der Waals surface area contributed by atoms with Gasteiger partial charge in [-0.2, -0.15) is 0 Å². The minimum atomic E-state index is -4.87. The van der Waals surface area contributed by atoms with E-state index in [9.17, 15) is 29.5 Å². The van der Waals surface area contributed by atoms with Crippen molar-refractivity contribution in [3.63, 3.8) is 0 Å². The standard InChI is InChI=1S/C18H21N2O9P/c19-13(7-10-1-4-12(21)5-2-10)17(23)20-14(18(24)25)8-11-3-6-16(15(22)9-11)29-30(26,27)28/h1-6,9,13-14,21-22H,7-8,19H2,(H,20,23)(H,24,25)(H2,26,27,28)/t13-,14-/m0/s1. The molecule has 11 nitrogen and oxygen atoms in total. The number of nitrogens with two attached hydrogens (primary N) is 1. The summed E-state index contributed by atoms with van der Waals surface area (Å²) in [6, 6.07) is 7.08. The Balaban J connectivity index is 2.04. The molecular weight excluding hydrogens is 419 g/mol. The third kappa shape index (κ3) is 7.05. The Morgan fingerprint density at radius 2 is 1.63 bits per heavy atom. The smallest absolute Gasteiger partial charge is 0.508 e. The fourth-order valence-electron chi connectivity index (χ4n) is 2.59. The molecule has 0 aliphatic carbocycles. The average Bonchev–Trinajstić information content (AvgIpc) is 2.64. The Labute approximate surface area is 171 Å². The summed E-state index contributed by atoms with van der Waals surface area (Å²) >= 11 is 0. The van der Waals surface area contributed by atoms with E-state index >= 15 is 0 Å². The van der Waals surface area contributed by atoms with Crippen LogP contribution in [0.25, 0.3) is 0 Å². The molecule has 0 fully saturated rings. The molecule has 0 saturated carbocycles. The van der Waals surface area contributed by atoms with Crippen LogP contribution in [0.5, 0.6) is 17.2 Å². The number of aromatic hydroxyl groups is 2. The van der Waals surface area contributed by atoms with Crippen molar-refractivity contribution < 1.29 is 43.8 Å². The number of carbonyl (C=O) groups excluding carboxylic acids is 1. The number of carboxylic acids is 1. The van der Waals surface area contributed by atoms with E-state index in [2.05, 4.69) is 9.84 Å². The van der Waals surface area contributed by atoms with E-state index in [-0.39, 0.29) is 24.2 Å². The second kappa shape index (κ2) is 9.59. The molecular formula is C18H21N2O9P. The van der Waals surface area contributed by atoms with Gasteiger partial charge in [0.25, 0.3) is 0 Å². The molecule has 0 aliphatic heterocycles. The van der Waals surface area contributed by atoms with Gasteiger partial charge >= 0.3 is 13.8 Å². The van der Waals surface area contributed by atoms with E-state index < -0.39 is 43.3 Å². The Morgan fingerprint density at radius 3 is 2.17 bits per heavy atom. The number of phenols is 2. The van der Waals surface area contributed by atoms with Gasteiger partial charge in [-0.3, -0.25) is 14.6 Å². The number of carboxylic acid groups (broad SMARTS) is 1. The van der Waals surface area contributed by atoms with Crippen molar-refractivity contribution in [2.45, 2.75) is 24.9 Å². The molecule has 0 bridgehead atoms. The summed E-state index contributed by atoms with van der Waals surface area (Å²) in [7, 11) is -4.87. The highest BCUT2D eigenvalue weighted by molar-refractivity contribution is 7.46. The Morgan fingerprint density at radius 1 is 1.03 bits per heavy atom. The van der Waals surface area contributed by atoms with Crippen LogP contribution in [-0.4, -0.2) is 49.1 Å². The third-order valence-corrected chi connectivity index (χ3v) is 4.46. The zero-order valence-corrected chi connectivity index (χ0v) is 16.4. The van der Waals surface area contributed by atoms with Gasteiger partial charge in [-0.15, -0.1) is 0 Å². The van der Waals surface area contributed by atoms with Crippen molar-refractivity contribution in [1.29, 1.82) is 0 Å². The van der Waals surface area contributed by atoms with Gasteiger partial charge in [0.2, 0.25) is 5.91 Å². The first-order valence-electron chi connectivity index (χ1n) is 8.58. The van der Waals surface area contributed by atoms with Crippen LogP contribution in [-0.2, 0) is 27.0 Å². The van der Waals surface area contributed by atoms with Crippen LogP contribution in [0.4, 0.5) is 0 Å². The number of phosphoric ester groups is 1. The topological polar surface area (TPSA) is 200 Å². The van der Waals surface area contributed by atoms with Gasteiger partial charge < -0.3 is 30.9 Å². The predicted octanol–water partition coefficient (Wildman–Crippen LogP) is 0.251. The molecule has 0 aliphatic rings. The molecule has 0 radical (unpaired) electrons. The second-order valence-electron chi connectivity index (χ2n) is 6.46. The number of benzene rings is 2. The number of phosphoric acid groups is 1. The number of hydrogen-bond acceptors (Lipinski definition) is 7. The maximum Gasteiger partial charge on any atom is 0.524 e. The monoisotopic (exact) mass is 440 g/mol. The van der Waals surface area contributed by atoms with E-state index in [1.54, 1.807) is 12.1 Å². The minimum absolute atomic E-state index is 0.0585. The highest BCUT2D eigenvalue weighted by atomic mass is 31.2. The van der Waals surface area contributed by atoms with Gasteiger partial charge in [-0.1, -0.05) is 18.2 Å². The van der Waals surface area contributed by atoms with E-state index in [1.807, 2.05) is 0 Å². The first-order chi connectivity index (χ1) is 13.9. The maximum atomic E-state index is 12.3. The summed E-state index contributed by atoms with van der Waals surface area (Å²) in [5, 5.41) is 30.8. The van der Waals surface area contributed by atoms with Crippen molar-refractivity contribution in [3.8, 4) is 17.2 Å². The summed E-state index contributed by atoms with van der Waals surface area (Å²) in [4.78, 5) is 41.4. The van der Waals surface area contributed by atoms with Gasteiger partial charge in [-0.25, -0.2) is 9.36 Å².